The third kappa shape index (κ3) is 5.48. The van der Waals surface area contributed by atoms with Crippen molar-refractivity contribution < 1.29 is 24.2 Å². The number of nitrogens with one attached hydrogen (secondary N) is 1. The highest BCUT2D eigenvalue weighted by Crippen LogP contribution is 2.44. The molecule has 1 fully saturated rings. The summed E-state index contributed by atoms with van der Waals surface area (Å²) in [6.07, 6.45) is 8.62. The van der Waals surface area contributed by atoms with Gasteiger partial charge >= 0.3 is 12.1 Å². The second kappa shape index (κ2) is 11.1. The summed E-state index contributed by atoms with van der Waals surface area (Å²) in [6.45, 7) is -0.357. The van der Waals surface area contributed by atoms with E-state index in [-0.39, 0.29) is 25.0 Å². The molecule has 0 aromatic heterocycles. The molecule has 0 bridgehead atoms. The van der Waals surface area contributed by atoms with Gasteiger partial charge in [0.2, 0.25) is 5.91 Å². The Morgan fingerprint density at radius 3 is 2.26 bits per heavy atom. The maximum atomic E-state index is 13.2. The number of hydrogen-bond donors (Lipinski definition) is 2. The number of rotatable bonds is 7. The van der Waals surface area contributed by atoms with Gasteiger partial charge in [0.15, 0.2) is 0 Å². The van der Waals surface area contributed by atoms with Crippen LogP contribution in [-0.2, 0) is 14.3 Å². The summed E-state index contributed by atoms with van der Waals surface area (Å²) in [5.74, 6) is 0.312. The molecule has 7 heteroatoms. The maximum Gasteiger partial charge on any atom is 0.407 e. The average molecular weight is 475 g/mol. The van der Waals surface area contributed by atoms with Gasteiger partial charge in [-0.3, -0.25) is 9.59 Å². The second-order valence-corrected chi connectivity index (χ2v) is 9.11. The number of benzene rings is 2. The number of hydrogen-bond acceptors (Lipinski definition) is 4. The summed E-state index contributed by atoms with van der Waals surface area (Å²) < 4.78 is 5.68. The zero-order valence-electron chi connectivity index (χ0n) is 19.6. The molecule has 2 atom stereocenters. The fourth-order valence-electron chi connectivity index (χ4n) is 5.29. The molecule has 0 radical (unpaired) electrons. The Kier molecular flexibility index (Phi) is 7.71. The number of fused-ring (bicyclic) bond motifs is 3. The number of nitrogens with zero attached hydrogens (tertiary/aromatic N) is 1. The SMILES string of the molecule is C#CCN(CC(=O)O)C(=O)[C@@H]1CCCCC[C@@H]1NC(=O)OCC1c2ccccc2-c2ccccc21. The number of aliphatic carboxylic acids is 1. The summed E-state index contributed by atoms with van der Waals surface area (Å²) in [5.41, 5.74) is 4.56. The van der Waals surface area contributed by atoms with E-state index in [0.29, 0.717) is 12.8 Å². The number of carbonyl (C=O) groups is 3. The predicted octanol–water partition coefficient (Wildman–Crippen LogP) is 4.02. The lowest BCUT2D eigenvalue weighted by Crippen LogP contribution is -2.49. The topological polar surface area (TPSA) is 95.9 Å². The van der Waals surface area contributed by atoms with Crippen LogP contribution < -0.4 is 5.32 Å². The van der Waals surface area contributed by atoms with Gasteiger partial charge in [0.25, 0.3) is 0 Å². The molecule has 182 valence electrons. The van der Waals surface area contributed by atoms with E-state index in [0.717, 1.165) is 41.5 Å². The van der Waals surface area contributed by atoms with Crippen LogP contribution in [0.2, 0.25) is 0 Å². The smallest absolute Gasteiger partial charge is 0.407 e. The minimum atomic E-state index is -1.12. The van der Waals surface area contributed by atoms with E-state index in [1.807, 2.05) is 24.3 Å². The third-order valence-electron chi connectivity index (χ3n) is 6.90. The number of carbonyl (C=O) groups excluding carboxylic acids is 2. The summed E-state index contributed by atoms with van der Waals surface area (Å²) in [5, 5.41) is 12.1. The maximum absolute atomic E-state index is 13.2. The first-order valence-corrected chi connectivity index (χ1v) is 12.0. The van der Waals surface area contributed by atoms with Crippen LogP contribution in [0.1, 0.15) is 49.1 Å². The van der Waals surface area contributed by atoms with Gasteiger partial charge in [-0.25, -0.2) is 4.79 Å². The Labute approximate surface area is 205 Å². The van der Waals surface area contributed by atoms with Crippen LogP contribution >= 0.6 is 0 Å². The molecule has 0 spiro atoms. The van der Waals surface area contributed by atoms with Crippen molar-refractivity contribution in [3.05, 3.63) is 59.7 Å². The van der Waals surface area contributed by atoms with Crippen molar-refractivity contribution in [1.82, 2.24) is 10.2 Å². The van der Waals surface area contributed by atoms with Crippen molar-refractivity contribution in [2.75, 3.05) is 19.7 Å². The number of amides is 2. The van der Waals surface area contributed by atoms with E-state index < -0.39 is 30.6 Å². The van der Waals surface area contributed by atoms with Gasteiger partial charge in [-0.2, -0.15) is 0 Å². The molecule has 35 heavy (non-hydrogen) atoms. The van der Waals surface area contributed by atoms with Crippen molar-refractivity contribution in [1.29, 1.82) is 0 Å². The van der Waals surface area contributed by atoms with Crippen molar-refractivity contribution >= 4 is 18.0 Å². The Balaban J connectivity index is 1.44. The molecule has 0 unspecified atom stereocenters. The molecule has 0 saturated heterocycles. The van der Waals surface area contributed by atoms with Crippen LogP contribution in [0.15, 0.2) is 48.5 Å². The minimum absolute atomic E-state index is 0.0543. The molecule has 7 nitrogen and oxygen atoms in total. The Hall–Kier alpha value is -3.79. The molecule has 2 aliphatic carbocycles. The summed E-state index contributed by atoms with van der Waals surface area (Å²) in [7, 11) is 0. The zero-order valence-corrected chi connectivity index (χ0v) is 19.6. The quantitative estimate of drug-likeness (QED) is 0.467. The van der Waals surface area contributed by atoms with Crippen molar-refractivity contribution in [2.24, 2.45) is 5.92 Å². The summed E-state index contributed by atoms with van der Waals surface area (Å²) >= 11 is 0. The molecular weight excluding hydrogens is 444 g/mol. The second-order valence-electron chi connectivity index (χ2n) is 9.11. The van der Waals surface area contributed by atoms with Crippen LogP contribution in [0, 0.1) is 18.3 Å². The number of terminal acetylenes is 1. The lowest BCUT2D eigenvalue weighted by atomic mass is 9.93. The first-order valence-electron chi connectivity index (χ1n) is 12.0. The van der Waals surface area contributed by atoms with E-state index in [2.05, 4.69) is 35.5 Å². The summed E-state index contributed by atoms with van der Waals surface area (Å²) in [6, 6.07) is 15.8. The highest BCUT2D eigenvalue weighted by Gasteiger charge is 2.35. The molecular formula is C28H30N2O5. The van der Waals surface area contributed by atoms with Gasteiger partial charge in [-0.05, 0) is 35.1 Å². The Morgan fingerprint density at radius 2 is 1.63 bits per heavy atom. The molecule has 2 aliphatic rings. The van der Waals surface area contributed by atoms with Gasteiger partial charge in [0, 0.05) is 12.0 Å². The van der Waals surface area contributed by atoms with E-state index in [9.17, 15) is 19.5 Å². The fourth-order valence-corrected chi connectivity index (χ4v) is 5.29. The number of carboxylic acids is 1. The molecule has 0 heterocycles. The molecule has 2 N–H and O–H groups in total. The Morgan fingerprint density at radius 1 is 1.00 bits per heavy atom. The average Bonchev–Trinajstić information content (AvgIpc) is 2.98. The van der Waals surface area contributed by atoms with E-state index >= 15 is 0 Å². The highest BCUT2D eigenvalue weighted by molar-refractivity contribution is 5.84. The third-order valence-corrected chi connectivity index (χ3v) is 6.90. The van der Waals surface area contributed by atoms with E-state index in [1.54, 1.807) is 0 Å². The first kappa shape index (κ1) is 24.3. The largest absolute Gasteiger partial charge is 0.480 e. The van der Waals surface area contributed by atoms with Crippen LogP contribution in [-0.4, -0.2) is 53.7 Å². The summed E-state index contributed by atoms with van der Waals surface area (Å²) in [4.78, 5) is 38.5. The van der Waals surface area contributed by atoms with Crippen molar-refractivity contribution in [3.63, 3.8) is 0 Å². The molecule has 0 aliphatic heterocycles. The van der Waals surface area contributed by atoms with E-state index in [4.69, 9.17) is 11.2 Å². The number of carboxylic acid groups (broad SMARTS) is 1. The zero-order chi connectivity index (χ0) is 24.8. The van der Waals surface area contributed by atoms with Crippen molar-refractivity contribution in [3.8, 4) is 23.5 Å². The Bertz CT molecular complexity index is 1090. The van der Waals surface area contributed by atoms with Crippen LogP contribution in [0.25, 0.3) is 11.1 Å². The van der Waals surface area contributed by atoms with Gasteiger partial charge in [-0.15, -0.1) is 6.42 Å². The number of alkyl carbamates (subject to hydrolysis) is 1. The predicted molar refractivity (Wildman–Crippen MR) is 132 cm³/mol. The molecule has 2 aromatic rings. The van der Waals surface area contributed by atoms with Gasteiger partial charge < -0.3 is 20.1 Å². The molecule has 1 saturated carbocycles. The number of ether oxygens (including phenoxy) is 1. The lowest BCUT2D eigenvalue weighted by Gasteiger charge is -2.29. The van der Waals surface area contributed by atoms with Gasteiger partial charge in [0.1, 0.15) is 13.2 Å². The normalized spacial score (nSPS) is 18.9. The molecule has 4 rings (SSSR count). The van der Waals surface area contributed by atoms with Crippen LogP contribution in [0.3, 0.4) is 0 Å². The van der Waals surface area contributed by atoms with Gasteiger partial charge in [0.05, 0.1) is 12.5 Å². The van der Waals surface area contributed by atoms with E-state index in [1.165, 1.54) is 4.90 Å². The van der Waals surface area contributed by atoms with Crippen LogP contribution in [0.5, 0.6) is 0 Å². The highest BCUT2D eigenvalue weighted by atomic mass is 16.5. The fraction of sp³-hybridized carbons (Fsp3) is 0.393. The molecule has 2 aromatic carbocycles. The monoisotopic (exact) mass is 474 g/mol. The van der Waals surface area contributed by atoms with Crippen molar-refractivity contribution in [2.45, 2.75) is 44.1 Å². The van der Waals surface area contributed by atoms with Crippen LogP contribution in [0.4, 0.5) is 4.79 Å². The van der Waals surface area contributed by atoms with Gasteiger partial charge in [-0.1, -0.05) is 73.7 Å². The minimum Gasteiger partial charge on any atom is -0.480 e. The molecule has 2 amide bonds. The lowest BCUT2D eigenvalue weighted by molar-refractivity contribution is -0.146. The first-order chi connectivity index (χ1) is 17.0. The standard InChI is InChI=1S/C28H30N2O5/c1-2-16-30(17-26(31)32)27(33)23-14-4-3-5-15-25(23)29-28(34)35-18-24-21-12-8-6-10-19(21)20-11-7-9-13-22(20)24/h1,6-13,23-25H,3-5,14-18H2,(H,29,34)(H,31,32)/t23-,25+/m1/s1.